The molecule has 0 saturated heterocycles. The Kier molecular flexibility index (Phi) is 4.31. The normalized spacial score (nSPS) is 10.6. The van der Waals surface area contributed by atoms with E-state index in [-0.39, 0.29) is 11.8 Å². The third-order valence-electron chi connectivity index (χ3n) is 3.08. The molecule has 0 aliphatic rings. The van der Waals surface area contributed by atoms with Crippen molar-refractivity contribution >= 4 is 28.4 Å². The monoisotopic (exact) mass is 309 g/mol. The van der Waals surface area contributed by atoms with E-state index in [1.54, 1.807) is 12.3 Å². The van der Waals surface area contributed by atoms with E-state index >= 15 is 0 Å². The van der Waals surface area contributed by atoms with Gasteiger partial charge >= 0.3 is 0 Å². The van der Waals surface area contributed by atoms with Gasteiger partial charge in [0.1, 0.15) is 0 Å². The number of halogens is 2. The van der Waals surface area contributed by atoms with Gasteiger partial charge in [-0.25, -0.2) is 0 Å². The second-order valence-electron chi connectivity index (χ2n) is 4.64. The summed E-state index contributed by atoms with van der Waals surface area (Å²) in [6.45, 7) is 3.78. The zero-order valence-corrected chi connectivity index (χ0v) is 12.6. The molecule has 1 heterocycles. The molecule has 0 spiro atoms. The van der Waals surface area contributed by atoms with E-state index < -0.39 is 5.24 Å². The summed E-state index contributed by atoms with van der Waals surface area (Å²) < 4.78 is 1.85. The highest BCUT2D eigenvalue weighted by Crippen LogP contribution is 2.21. The van der Waals surface area contributed by atoms with Crippen molar-refractivity contribution in [3.05, 3.63) is 62.5 Å². The maximum absolute atomic E-state index is 11.9. The van der Waals surface area contributed by atoms with Crippen molar-refractivity contribution in [2.45, 2.75) is 20.3 Å². The van der Waals surface area contributed by atoms with Gasteiger partial charge < -0.3 is 4.57 Å². The Hall–Kier alpha value is -1.58. The number of carbonyl (C=O) groups excluding carboxylic acids is 1. The van der Waals surface area contributed by atoms with Gasteiger partial charge in [-0.1, -0.05) is 17.7 Å². The molecule has 2 rings (SSSR count). The van der Waals surface area contributed by atoms with E-state index in [2.05, 4.69) is 0 Å². The van der Waals surface area contributed by atoms with Crippen LogP contribution >= 0.6 is 23.2 Å². The Morgan fingerprint density at radius 3 is 2.60 bits per heavy atom. The molecule has 0 saturated carbocycles. The van der Waals surface area contributed by atoms with Crippen LogP contribution in [0.15, 0.2) is 35.3 Å². The minimum atomic E-state index is -0.555. The smallest absolute Gasteiger partial charge is 0.226 e. The van der Waals surface area contributed by atoms with Gasteiger partial charge in [0.2, 0.25) is 5.24 Å². The van der Waals surface area contributed by atoms with E-state index in [4.69, 9.17) is 23.2 Å². The highest BCUT2D eigenvalue weighted by molar-refractivity contribution is 6.63. The Morgan fingerprint density at radius 1 is 1.25 bits per heavy atom. The Labute approximate surface area is 126 Å². The van der Waals surface area contributed by atoms with Crippen LogP contribution in [0.1, 0.15) is 16.8 Å². The molecule has 0 N–H and O–H groups in total. The fourth-order valence-corrected chi connectivity index (χ4v) is 2.37. The van der Waals surface area contributed by atoms with Gasteiger partial charge in [-0.2, -0.15) is 0 Å². The summed E-state index contributed by atoms with van der Waals surface area (Å²) >= 11 is 11.4. The molecule has 3 nitrogen and oxygen atoms in total. The van der Waals surface area contributed by atoms with Crippen molar-refractivity contribution in [3.63, 3.8) is 0 Å². The zero-order valence-electron chi connectivity index (χ0n) is 11.1. The number of hydrogen-bond acceptors (Lipinski definition) is 2. The highest BCUT2D eigenvalue weighted by Gasteiger charge is 2.10. The average Bonchev–Trinajstić information content (AvgIpc) is 2.35. The predicted octanol–water partition coefficient (Wildman–Crippen LogP) is 3.42. The van der Waals surface area contributed by atoms with Crippen LogP contribution in [-0.2, 0) is 11.2 Å². The zero-order chi connectivity index (χ0) is 14.9. The van der Waals surface area contributed by atoms with Crippen molar-refractivity contribution in [3.8, 4) is 5.69 Å². The Bertz CT molecular complexity index is 735. The molecular formula is C15H13Cl2NO2. The molecule has 20 heavy (non-hydrogen) atoms. The lowest BCUT2D eigenvalue weighted by Crippen LogP contribution is -2.16. The number of aryl methyl sites for hydroxylation is 2. The van der Waals surface area contributed by atoms with Gasteiger partial charge in [0, 0.05) is 34.2 Å². The molecule has 0 radical (unpaired) electrons. The summed E-state index contributed by atoms with van der Waals surface area (Å²) in [6.07, 6.45) is 1.57. The van der Waals surface area contributed by atoms with Crippen LogP contribution in [-0.4, -0.2) is 9.81 Å². The summed E-state index contributed by atoms with van der Waals surface area (Å²) in [4.78, 5) is 22.9. The number of benzene rings is 1. The molecule has 2 aromatic rings. The summed E-state index contributed by atoms with van der Waals surface area (Å²) in [5, 5.41) is 0.0546. The molecule has 0 bridgehead atoms. The van der Waals surface area contributed by atoms with Crippen LogP contribution < -0.4 is 5.43 Å². The number of aromatic nitrogens is 1. The third-order valence-corrected chi connectivity index (χ3v) is 3.45. The van der Waals surface area contributed by atoms with Crippen LogP contribution in [0.3, 0.4) is 0 Å². The summed E-state index contributed by atoms with van der Waals surface area (Å²) in [5.41, 5.74) is 2.84. The SMILES string of the molecule is Cc1ccc(Cl)cc1-n1cc(CC(=O)Cl)c(=O)cc1C. The van der Waals surface area contributed by atoms with Gasteiger partial charge in [0.15, 0.2) is 5.43 Å². The Balaban J connectivity index is 2.64. The highest BCUT2D eigenvalue weighted by atomic mass is 35.5. The fourth-order valence-electron chi connectivity index (χ4n) is 2.06. The fraction of sp³-hybridized carbons (Fsp3) is 0.200. The summed E-state index contributed by atoms with van der Waals surface area (Å²) in [6, 6.07) is 7.03. The van der Waals surface area contributed by atoms with Crippen LogP contribution in [0.25, 0.3) is 5.69 Å². The second-order valence-corrected chi connectivity index (χ2v) is 5.50. The number of hydrogen-bond donors (Lipinski definition) is 0. The average molecular weight is 310 g/mol. The quantitative estimate of drug-likeness (QED) is 0.815. The molecular weight excluding hydrogens is 297 g/mol. The van der Waals surface area contributed by atoms with Crippen LogP contribution in [0, 0.1) is 13.8 Å². The lowest BCUT2D eigenvalue weighted by molar-refractivity contribution is -0.111. The minimum absolute atomic E-state index is 0.0831. The van der Waals surface area contributed by atoms with Crippen molar-refractivity contribution in [1.29, 1.82) is 0 Å². The standard InChI is InChI=1S/C15H13Cl2NO2/c1-9-3-4-12(16)7-13(9)18-8-11(6-15(17)20)14(19)5-10(18)2/h3-5,7-8H,6H2,1-2H3. The van der Waals surface area contributed by atoms with Crippen LogP contribution in [0.2, 0.25) is 5.02 Å². The summed E-state index contributed by atoms with van der Waals surface area (Å²) in [7, 11) is 0. The molecule has 0 aliphatic carbocycles. The molecule has 0 aliphatic heterocycles. The van der Waals surface area contributed by atoms with E-state index in [9.17, 15) is 9.59 Å². The topological polar surface area (TPSA) is 39.1 Å². The molecule has 1 aromatic carbocycles. The van der Waals surface area contributed by atoms with Gasteiger partial charge in [-0.3, -0.25) is 9.59 Å². The lowest BCUT2D eigenvalue weighted by atomic mass is 10.1. The van der Waals surface area contributed by atoms with Crippen LogP contribution in [0.4, 0.5) is 0 Å². The number of pyridine rings is 1. The minimum Gasteiger partial charge on any atom is -0.320 e. The van der Waals surface area contributed by atoms with Crippen LogP contribution in [0.5, 0.6) is 0 Å². The van der Waals surface area contributed by atoms with Gasteiger partial charge in [0.25, 0.3) is 0 Å². The second kappa shape index (κ2) is 5.81. The first-order valence-corrected chi connectivity index (χ1v) is 6.81. The predicted molar refractivity (Wildman–Crippen MR) is 81.1 cm³/mol. The maximum Gasteiger partial charge on any atom is 0.226 e. The van der Waals surface area contributed by atoms with Crippen molar-refractivity contribution in [2.24, 2.45) is 0 Å². The molecule has 0 amide bonds. The largest absolute Gasteiger partial charge is 0.320 e. The number of carbonyl (C=O) groups is 1. The van der Waals surface area contributed by atoms with E-state index in [0.717, 1.165) is 16.9 Å². The number of nitrogens with zero attached hydrogens (tertiary/aromatic N) is 1. The van der Waals surface area contributed by atoms with Gasteiger partial charge in [-0.15, -0.1) is 0 Å². The van der Waals surface area contributed by atoms with Gasteiger partial charge in [-0.05, 0) is 43.1 Å². The molecule has 0 atom stereocenters. The third kappa shape index (κ3) is 3.11. The first-order valence-electron chi connectivity index (χ1n) is 6.05. The summed E-state index contributed by atoms with van der Waals surface area (Å²) in [5.74, 6) is 0. The van der Waals surface area contributed by atoms with E-state index in [1.807, 2.05) is 30.5 Å². The van der Waals surface area contributed by atoms with E-state index in [1.165, 1.54) is 6.07 Å². The van der Waals surface area contributed by atoms with Gasteiger partial charge in [0.05, 0.1) is 6.42 Å². The molecule has 0 fully saturated rings. The maximum atomic E-state index is 11.9. The van der Waals surface area contributed by atoms with Crippen molar-refractivity contribution in [2.75, 3.05) is 0 Å². The molecule has 5 heteroatoms. The molecule has 104 valence electrons. The van der Waals surface area contributed by atoms with Crippen molar-refractivity contribution in [1.82, 2.24) is 4.57 Å². The van der Waals surface area contributed by atoms with Crippen molar-refractivity contribution < 1.29 is 4.79 Å². The first kappa shape index (κ1) is 14.8. The lowest BCUT2D eigenvalue weighted by Gasteiger charge is -2.15. The van der Waals surface area contributed by atoms with E-state index in [0.29, 0.717) is 10.6 Å². The Morgan fingerprint density at radius 2 is 1.95 bits per heavy atom. The first-order chi connectivity index (χ1) is 9.38. The molecule has 1 aromatic heterocycles. The number of rotatable bonds is 3. The molecule has 0 unspecified atom stereocenters.